The molecule has 1 aliphatic rings. The quantitative estimate of drug-likeness (QED) is 0.757. The Bertz CT molecular complexity index is 822. The second-order valence-electron chi connectivity index (χ2n) is 5.80. The largest absolute Gasteiger partial charge is 0.497 e. The number of aryl methyl sites for hydroxylation is 1. The van der Waals surface area contributed by atoms with Crippen LogP contribution in [0.4, 0.5) is 18.9 Å². The number of hydrogen-bond acceptors (Lipinski definition) is 5. The minimum Gasteiger partial charge on any atom is -0.497 e. The molecule has 0 spiro atoms. The normalized spacial score (nSPS) is 14.3. The summed E-state index contributed by atoms with van der Waals surface area (Å²) in [5.41, 5.74) is 1.84. The third-order valence-corrected chi connectivity index (χ3v) is 5.12. The van der Waals surface area contributed by atoms with Gasteiger partial charge >= 0.3 is 6.18 Å². The van der Waals surface area contributed by atoms with Crippen molar-refractivity contribution in [3.63, 3.8) is 0 Å². The molecule has 1 amide bonds. The standard InChI is InChI=1S/C16H17F3N4O2S/c1-22-14(16(17,18)19)20-21-15(22)26-9-13(24)23-7-3-4-10-8-11(25-2)5-6-12(10)23/h5-6,8H,3-4,7,9H2,1-2H3. The molecule has 6 nitrogen and oxygen atoms in total. The Balaban J connectivity index is 1.72. The summed E-state index contributed by atoms with van der Waals surface area (Å²) in [6.45, 7) is 0.575. The number of rotatable bonds is 4. The van der Waals surface area contributed by atoms with Crippen molar-refractivity contribution in [2.45, 2.75) is 24.2 Å². The lowest BCUT2D eigenvalue weighted by Gasteiger charge is -2.29. The average Bonchev–Trinajstić information content (AvgIpc) is 2.99. The first-order valence-corrected chi connectivity index (χ1v) is 8.86. The van der Waals surface area contributed by atoms with Crippen LogP contribution in [0, 0.1) is 0 Å². The van der Waals surface area contributed by atoms with Gasteiger partial charge in [-0.05, 0) is 36.6 Å². The van der Waals surface area contributed by atoms with Crippen molar-refractivity contribution in [1.82, 2.24) is 14.8 Å². The molecule has 3 rings (SSSR count). The Labute approximate surface area is 152 Å². The lowest BCUT2D eigenvalue weighted by atomic mass is 10.0. The average molecular weight is 386 g/mol. The predicted octanol–water partition coefficient (Wildman–Crippen LogP) is 2.91. The lowest BCUT2D eigenvalue weighted by Crippen LogP contribution is -2.36. The Morgan fingerprint density at radius 2 is 2.12 bits per heavy atom. The summed E-state index contributed by atoms with van der Waals surface area (Å²) >= 11 is 0.942. The summed E-state index contributed by atoms with van der Waals surface area (Å²) in [6.07, 6.45) is -2.91. The summed E-state index contributed by atoms with van der Waals surface area (Å²) in [6, 6.07) is 5.52. The zero-order valence-electron chi connectivity index (χ0n) is 14.2. The van der Waals surface area contributed by atoms with Crippen LogP contribution in [-0.2, 0) is 24.4 Å². The summed E-state index contributed by atoms with van der Waals surface area (Å²) in [4.78, 5) is 14.3. The molecule has 10 heteroatoms. The fourth-order valence-electron chi connectivity index (χ4n) is 2.85. The number of methoxy groups -OCH3 is 1. The Morgan fingerprint density at radius 1 is 1.35 bits per heavy atom. The van der Waals surface area contributed by atoms with Crippen molar-refractivity contribution in [2.24, 2.45) is 7.05 Å². The zero-order valence-corrected chi connectivity index (χ0v) is 15.0. The molecule has 1 aromatic heterocycles. The molecule has 140 valence electrons. The molecule has 0 aliphatic carbocycles. The monoisotopic (exact) mass is 386 g/mol. The smallest absolute Gasteiger partial charge is 0.451 e. The van der Waals surface area contributed by atoms with E-state index in [-0.39, 0.29) is 16.8 Å². The van der Waals surface area contributed by atoms with Gasteiger partial charge in [0, 0.05) is 19.3 Å². The number of anilines is 1. The molecule has 26 heavy (non-hydrogen) atoms. The minimum absolute atomic E-state index is 0.0186. The first kappa shape index (κ1) is 18.6. The number of carbonyl (C=O) groups is 1. The van der Waals surface area contributed by atoms with Gasteiger partial charge in [0.2, 0.25) is 11.7 Å². The van der Waals surface area contributed by atoms with Gasteiger partial charge in [0.05, 0.1) is 12.9 Å². The van der Waals surface area contributed by atoms with Crippen LogP contribution >= 0.6 is 11.8 Å². The maximum absolute atomic E-state index is 12.8. The van der Waals surface area contributed by atoms with E-state index in [0.717, 1.165) is 46.2 Å². The number of aromatic nitrogens is 3. The molecule has 0 N–H and O–H groups in total. The van der Waals surface area contributed by atoms with Crippen molar-refractivity contribution in [1.29, 1.82) is 0 Å². The molecule has 0 unspecified atom stereocenters. The van der Waals surface area contributed by atoms with Crippen LogP contribution in [0.1, 0.15) is 17.8 Å². The number of alkyl halides is 3. The summed E-state index contributed by atoms with van der Waals surface area (Å²) in [7, 11) is 2.82. The van der Waals surface area contributed by atoms with Gasteiger partial charge in [0.25, 0.3) is 0 Å². The van der Waals surface area contributed by atoms with Crippen LogP contribution in [-0.4, -0.2) is 40.1 Å². The molecule has 0 radical (unpaired) electrons. The van der Waals surface area contributed by atoms with E-state index in [0.29, 0.717) is 6.54 Å². The highest BCUT2D eigenvalue weighted by Crippen LogP contribution is 2.32. The van der Waals surface area contributed by atoms with E-state index in [1.54, 1.807) is 18.1 Å². The molecule has 2 aromatic rings. The highest BCUT2D eigenvalue weighted by Gasteiger charge is 2.37. The van der Waals surface area contributed by atoms with Gasteiger partial charge in [-0.1, -0.05) is 11.8 Å². The van der Waals surface area contributed by atoms with Crippen LogP contribution in [0.5, 0.6) is 5.75 Å². The van der Waals surface area contributed by atoms with Crippen molar-refractivity contribution in [3.8, 4) is 5.75 Å². The number of thioether (sulfide) groups is 1. The van der Waals surface area contributed by atoms with Crippen molar-refractivity contribution in [2.75, 3.05) is 24.3 Å². The van der Waals surface area contributed by atoms with Crippen molar-refractivity contribution in [3.05, 3.63) is 29.6 Å². The number of hydrogen-bond donors (Lipinski definition) is 0. The van der Waals surface area contributed by atoms with E-state index >= 15 is 0 Å². The summed E-state index contributed by atoms with van der Waals surface area (Å²) in [5.74, 6) is -0.554. The van der Waals surface area contributed by atoms with Crippen LogP contribution in [0.15, 0.2) is 23.4 Å². The number of ether oxygens (including phenoxy) is 1. The number of fused-ring (bicyclic) bond motifs is 1. The first-order valence-electron chi connectivity index (χ1n) is 7.88. The molecule has 0 atom stereocenters. The Hall–Kier alpha value is -2.23. The third-order valence-electron chi connectivity index (χ3n) is 4.12. The maximum Gasteiger partial charge on any atom is 0.451 e. The SMILES string of the molecule is COc1ccc2c(c1)CCCN2C(=O)CSc1nnc(C(F)(F)F)n1C. The summed E-state index contributed by atoms with van der Waals surface area (Å²) in [5, 5.41) is 6.75. The predicted molar refractivity (Wildman–Crippen MR) is 90.4 cm³/mol. The van der Waals surface area contributed by atoms with E-state index in [9.17, 15) is 18.0 Å². The number of carbonyl (C=O) groups excluding carboxylic acids is 1. The van der Waals surface area contributed by atoms with E-state index < -0.39 is 12.0 Å². The maximum atomic E-state index is 12.8. The molecule has 0 saturated carbocycles. The molecule has 1 aromatic carbocycles. The van der Waals surface area contributed by atoms with E-state index in [4.69, 9.17) is 4.74 Å². The Kier molecular flexibility index (Phi) is 5.12. The van der Waals surface area contributed by atoms with E-state index in [1.165, 1.54) is 7.05 Å². The number of nitrogens with zero attached hydrogens (tertiary/aromatic N) is 4. The highest BCUT2D eigenvalue weighted by molar-refractivity contribution is 7.99. The molecule has 2 heterocycles. The van der Waals surface area contributed by atoms with Crippen LogP contribution in [0.2, 0.25) is 0 Å². The van der Waals surface area contributed by atoms with Gasteiger partial charge in [-0.2, -0.15) is 13.2 Å². The highest BCUT2D eigenvalue weighted by atomic mass is 32.2. The minimum atomic E-state index is -4.57. The lowest BCUT2D eigenvalue weighted by molar-refractivity contribution is -0.147. The zero-order chi connectivity index (χ0) is 18.9. The van der Waals surface area contributed by atoms with Gasteiger partial charge in [-0.25, -0.2) is 0 Å². The topological polar surface area (TPSA) is 60.2 Å². The van der Waals surface area contributed by atoms with Crippen LogP contribution < -0.4 is 9.64 Å². The van der Waals surface area contributed by atoms with Gasteiger partial charge in [-0.3, -0.25) is 4.79 Å². The first-order chi connectivity index (χ1) is 12.3. The molecular weight excluding hydrogens is 369 g/mol. The Morgan fingerprint density at radius 3 is 2.77 bits per heavy atom. The molecule has 0 saturated heterocycles. The molecule has 0 fully saturated rings. The van der Waals surface area contributed by atoms with Crippen molar-refractivity contribution < 1.29 is 22.7 Å². The van der Waals surface area contributed by atoms with Gasteiger partial charge in [0.1, 0.15) is 5.75 Å². The second kappa shape index (κ2) is 7.18. The molecule has 1 aliphatic heterocycles. The fourth-order valence-corrected chi connectivity index (χ4v) is 3.64. The van der Waals surface area contributed by atoms with Crippen LogP contribution in [0.3, 0.4) is 0 Å². The molecular formula is C16H17F3N4O2S. The summed E-state index contributed by atoms with van der Waals surface area (Å²) < 4.78 is 44.3. The third kappa shape index (κ3) is 3.64. The second-order valence-corrected chi connectivity index (χ2v) is 6.74. The van der Waals surface area contributed by atoms with Crippen LogP contribution in [0.25, 0.3) is 0 Å². The van der Waals surface area contributed by atoms with Gasteiger partial charge < -0.3 is 14.2 Å². The van der Waals surface area contributed by atoms with Gasteiger partial charge in [-0.15, -0.1) is 10.2 Å². The number of benzene rings is 1. The van der Waals surface area contributed by atoms with Gasteiger partial charge in [0.15, 0.2) is 5.16 Å². The fraction of sp³-hybridized carbons (Fsp3) is 0.438. The molecule has 0 bridgehead atoms. The van der Waals surface area contributed by atoms with E-state index in [2.05, 4.69) is 10.2 Å². The van der Waals surface area contributed by atoms with E-state index in [1.807, 2.05) is 12.1 Å². The number of halogens is 3. The number of amides is 1. The van der Waals surface area contributed by atoms with Crippen molar-refractivity contribution >= 4 is 23.4 Å².